The van der Waals surface area contributed by atoms with Crippen molar-refractivity contribution in [2.75, 3.05) is 0 Å². The molecule has 0 saturated heterocycles. The lowest BCUT2D eigenvalue weighted by Gasteiger charge is -2.07. The molecule has 2 N–H and O–H groups in total. The van der Waals surface area contributed by atoms with Crippen LogP contribution in [0.15, 0.2) is 0 Å². The number of carbonyl (C=O) groups excluding carboxylic acids is 1. The number of hydrogen-bond donors (Lipinski definition) is 2. The Labute approximate surface area is 74.1 Å². The van der Waals surface area contributed by atoms with Crippen molar-refractivity contribution in [3.05, 3.63) is 0 Å². The summed E-state index contributed by atoms with van der Waals surface area (Å²) in [4.78, 5) is 30.9. The van der Waals surface area contributed by atoms with Gasteiger partial charge in [-0.1, -0.05) is 0 Å². The van der Waals surface area contributed by atoms with Crippen molar-refractivity contribution in [2.45, 2.75) is 25.9 Å². The van der Waals surface area contributed by atoms with Crippen molar-refractivity contribution in [2.24, 2.45) is 0 Å². The fraction of sp³-hybridized carbons (Fsp3) is 0.571. The average molecular weight is 190 g/mol. The second kappa shape index (κ2) is 5.13. The number of carbonyl (C=O) groups is 3. The third-order valence-corrected chi connectivity index (χ3v) is 1.20. The first-order chi connectivity index (χ1) is 5.93. The van der Waals surface area contributed by atoms with E-state index in [2.05, 4.69) is 4.74 Å². The first-order valence-corrected chi connectivity index (χ1v) is 3.57. The quantitative estimate of drug-likeness (QED) is 0.585. The van der Waals surface area contributed by atoms with Crippen LogP contribution in [0.3, 0.4) is 0 Å². The maximum Gasteiger partial charge on any atom is 0.344 e. The Hall–Kier alpha value is -1.59. The molecule has 13 heavy (non-hydrogen) atoms. The third-order valence-electron chi connectivity index (χ3n) is 1.20. The van der Waals surface area contributed by atoms with Gasteiger partial charge in [0.25, 0.3) is 0 Å². The first kappa shape index (κ1) is 11.4. The number of rotatable bonds is 5. The van der Waals surface area contributed by atoms with E-state index in [9.17, 15) is 14.4 Å². The molecule has 0 aliphatic rings. The molecule has 0 aliphatic heterocycles. The molecule has 1 atom stereocenters. The predicted octanol–water partition coefficient (Wildman–Crippen LogP) is -0.132. The molecular formula is C7H10O6. The van der Waals surface area contributed by atoms with Crippen LogP contribution >= 0.6 is 0 Å². The lowest BCUT2D eigenvalue weighted by molar-refractivity contribution is -0.163. The Kier molecular flexibility index (Phi) is 4.50. The topological polar surface area (TPSA) is 101 Å². The standard InChI is InChI=1S/C7H10O6/c1-4(7(11)12)13-6(10)3-2-5(8)9/h4H,2-3H2,1H3,(H,8,9)(H,11,12)/t4-/m0/s1. The van der Waals surface area contributed by atoms with Crippen molar-refractivity contribution in [1.82, 2.24) is 0 Å². The van der Waals surface area contributed by atoms with Crippen molar-refractivity contribution < 1.29 is 29.3 Å². The Bertz CT molecular complexity index is 221. The van der Waals surface area contributed by atoms with E-state index in [1.165, 1.54) is 6.92 Å². The van der Waals surface area contributed by atoms with E-state index in [1.54, 1.807) is 0 Å². The SMILES string of the molecule is C[C@H](OC(=O)CCC(=O)O)C(=O)O. The van der Waals surface area contributed by atoms with E-state index < -0.39 is 24.0 Å². The molecule has 74 valence electrons. The molecule has 0 radical (unpaired) electrons. The van der Waals surface area contributed by atoms with E-state index in [0.29, 0.717) is 0 Å². The molecule has 0 unspecified atom stereocenters. The summed E-state index contributed by atoms with van der Waals surface area (Å²) in [5.41, 5.74) is 0. The van der Waals surface area contributed by atoms with Gasteiger partial charge in [0.1, 0.15) is 0 Å². The zero-order chi connectivity index (χ0) is 10.4. The van der Waals surface area contributed by atoms with Crippen LogP contribution in [-0.2, 0) is 19.1 Å². The molecular weight excluding hydrogens is 180 g/mol. The second-order valence-electron chi connectivity index (χ2n) is 2.36. The van der Waals surface area contributed by atoms with E-state index >= 15 is 0 Å². The summed E-state index contributed by atoms with van der Waals surface area (Å²) in [6, 6.07) is 0. The lowest BCUT2D eigenvalue weighted by Crippen LogP contribution is -2.23. The van der Waals surface area contributed by atoms with Gasteiger partial charge in [0, 0.05) is 0 Å². The number of carboxylic acid groups (broad SMARTS) is 2. The van der Waals surface area contributed by atoms with E-state index in [-0.39, 0.29) is 12.8 Å². The summed E-state index contributed by atoms with van der Waals surface area (Å²) < 4.78 is 4.36. The van der Waals surface area contributed by atoms with E-state index in [4.69, 9.17) is 10.2 Å². The molecule has 0 bridgehead atoms. The number of esters is 1. The van der Waals surface area contributed by atoms with Gasteiger partial charge in [-0.25, -0.2) is 4.79 Å². The van der Waals surface area contributed by atoms with Crippen LogP contribution in [0, 0.1) is 0 Å². The molecule has 0 fully saturated rings. The smallest absolute Gasteiger partial charge is 0.344 e. The van der Waals surface area contributed by atoms with Crippen LogP contribution in [0.2, 0.25) is 0 Å². The summed E-state index contributed by atoms with van der Waals surface area (Å²) in [7, 11) is 0. The maximum absolute atomic E-state index is 10.7. The molecule has 0 aromatic rings. The summed E-state index contributed by atoms with van der Waals surface area (Å²) in [6.45, 7) is 1.20. The summed E-state index contributed by atoms with van der Waals surface area (Å²) in [5, 5.41) is 16.5. The molecule has 0 heterocycles. The zero-order valence-corrected chi connectivity index (χ0v) is 7.02. The Morgan fingerprint density at radius 1 is 1.23 bits per heavy atom. The van der Waals surface area contributed by atoms with Crippen LogP contribution in [0.5, 0.6) is 0 Å². The number of carboxylic acids is 2. The number of aliphatic carboxylic acids is 2. The van der Waals surface area contributed by atoms with Gasteiger partial charge in [-0.15, -0.1) is 0 Å². The highest BCUT2D eigenvalue weighted by Crippen LogP contribution is 1.97. The van der Waals surface area contributed by atoms with Crippen LogP contribution in [0.4, 0.5) is 0 Å². The fourth-order valence-electron chi connectivity index (χ4n) is 0.515. The monoisotopic (exact) mass is 190 g/mol. The van der Waals surface area contributed by atoms with Crippen LogP contribution < -0.4 is 0 Å². The average Bonchev–Trinajstić information content (AvgIpc) is 2.00. The molecule has 0 amide bonds. The molecule has 0 rings (SSSR count). The van der Waals surface area contributed by atoms with Gasteiger partial charge < -0.3 is 14.9 Å². The molecule has 0 aliphatic carbocycles. The van der Waals surface area contributed by atoms with Gasteiger partial charge in [0.15, 0.2) is 6.10 Å². The van der Waals surface area contributed by atoms with Crippen molar-refractivity contribution in [3.63, 3.8) is 0 Å². The van der Waals surface area contributed by atoms with Gasteiger partial charge in [0.2, 0.25) is 0 Å². The van der Waals surface area contributed by atoms with Crippen LogP contribution in [0.25, 0.3) is 0 Å². The minimum atomic E-state index is -1.26. The Morgan fingerprint density at radius 3 is 2.15 bits per heavy atom. The highest BCUT2D eigenvalue weighted by molar-refractivity contribution is 5.80. The Morgan fingerprint density at radius 2 is 1.77 bits per heavy atom. The van der Waals surface area contributed by atoms with Crippen molar-refractivity contribution in [1.29, 1.82) is 0 Å². The normalized spacial score (nSPS) is 11.8. The highest BCUT2D eigenvalue weighted by Gasteiger charge is 2.16. The zero-order valence-electron chi connectivity index (χ0n) is 7.02. The lowest BCUT2D eigenvalue weighted by atomic mass is 10.3. The summed E-state index contributed by atoms with van der Waals surface area (Å²) in [5.74, 6) is -3.21. The van der Waals surface area contributed by atoms with Crippen LogP contribution in [-0.4, -0.2) is 34.2 Å². The maximum atomic E-state index is 10.7. The van der Waals surface area contributed by atoms with Gasteiger partial charge >= 0.3 is 17.9 Å². The molecule has 6 nitrogen and oxygen atoms in total. The molecule has 0 spiro atoms. The van der Waals surface area contributed by atoms with E-state index in [0.717, 1.165) is 0 Å². The van der Waals surface area contributed by atoms with Gasteiger partial charge in [-0.2, -0.15) is 0 Å². The molecule has 0 aromatic carbocycles. The summed E-state index contributed by atoms with van der Waals surface area (Å²) >= 11 is 0. The predicted molar refractivity (Wildman–Crippen MR) is 40.1 cm³/mol. The highest BCUT2D eigenvalue weighted by atomic mass is 16.6. The largest absolute Gasteiger partial charge is 0.481 e. The third kappa shape index (κ3) is 5.66. The fourth-order valence-corrected chi connectivity index (χ4v) is 0.515. The first-order valence-electron chi connectivity index (χ1n) is 3.57. The minimum absolute atomic E-state index is 0.313. The number of hydrogen-bond acceptors (Lipinski definition) is 4. The van der Waals surface area contributed by atoms with Crippen molar-refractivity contribution >= 4 is 17.9 Å². The molecule has 0 saturated carbocycles. The Balaban J connectivity index is 3.74. The van der Waals surface area contributed by atoms with Crippen LogP contribution in [0.1, 0.15) is 19.8 Å². The van der Waals surface area contributed by atoms with Gasteiger partial charge in [-0.05, 0) is 6.92 Å². The molecule has 6 heteroatoms. The van der Waals surface area contributed by atoms with Gasteiger partial charge in [0.05, 0.1) is 12.8 Å². The molecule has 0 aromatic heterocycles. The number of ether oxygens (including phenoxy) is 1. The van der Waals surface area contributed by atoms with Crippen molar-refractivity contribution in [3.8, 4) is 0 Å². The van der Waals surface area contributed by atoms with Gasteiger partial charge in [-0.3, -0.25) is 9.59 Å². The van der Waals surface area contributed by atoms with E-state index in [1.807, 2.05) is 0 Å². The second-order valence-corrected chi connectivity index (χ2v) is 2.36. The minimum Gasteiger partial charge on any atom is -0.481 e. The summed E-state index contributed by atoms with van der Waals surface area (Å²) in [6.07, 6.45) is -1.90.